The zero-order valence-corrected chi connectivity index (χ0v) is 9.68. The maximum Gasteiger partial charge on any atom is 0.350 e. The van der Waals surface area contributed by atoms with Crippen molar-refractivity contribution in [2.75, 3.05) is 0 Å². The second kappa shape index (κ2) is 4.44. The van der Waals surface area contributed by atoms with Crippen molar-refractivity contribution in [2.24, 2.45) is 5.10 Å². The van der Waals surface area contributed by atoms with Gasteiger partial charge in [-0.1, -0.05) is 30.3 Å². The van der Waals surface area contributed by atoms with Gasteiger partial charge < -0.3 is 0 Å². The second-order valence-electron chi connectivity index (χ2n) is 4.06. The van der Waals surface area contributed by atoms with Crippen molar-refractivity contribution in [3.8, 4) is 0 Å². The van der Waals surface area contributed by atoms with Gasteiger partial charge in [-0.05, 0) is 5.56 Å². The summed E-state index contributed by atoms with van der Waals surface area (Å²) in [5.41, 5.74) is 1.09. The number of rotatable bonds is 1. The molecule has 1 aliphatic rings. The van der Waals surface area contributed by atoms with E-state index in [1.54, 1.807) is 18.6 Å². The smallest absolute Gasteiger partial charge is 0.257 e. The summed E-state index contributed by atoms with van der Waals surface area (Å²) in [5, 5.41) is 5.66. The fourth-order valence-electron chi connectivity index (χ4n) is 2.04. The molecule has 5 heteroatoms. The molecule has 1 aromatic heterocycles. The minimum absolute atomic E-state index is 0.0268. The predicted molar refractivity (Wildman–Crippen MR) is 67.2 cm³/mol. The lowest BCUT2D eigenvalue weighted by atomic mass is 10.1. The van der Waals surface area contributed by atoms with Crippen LogP contribution in [0, 0.1) is 0 Å². The highest BCUT2D eigenvalue weighted by molar-refractivity contribution is 5.80. The number of hydrogen-bond acceptors (Lipinski definition) is 3. The SMILES string of the molecule is O=C(N1N=CC[C@@H]1c1ccccc1)n1ccnc1. The molecule has 0 fully saturated rings. The Morgan fingerprint density at radius 3 is 2.83 bits per heavy atom. The fraction of sp³-hybridized carbons (Fsp3) is 0.154. The molecule has 0 N–H and O–H groups in total. The van der Waals surface area contributed by atoms with Gasteiger partial charge in [0.15, 0.2) is 0 Å². The average molecular weight is 240 g/mol. The number of nitrogens with zero attached hydrogens (tertiary/aromatic N) is 4. The van der Waals surface area contributed by atoms with E-state index in [0.717, 1.165) is 12.0 Å². The Labute approximate surface area is 104 Å². The van der Waals surface area contributed by atoms with Crippen LogP contribution >= 0.6 is 0 Å². The molecule has 90 valence electrons. The number of hydrogen-bond donors (Lipinski definition) is 0. The van der Waals surface area contributed by atoms with Crippen LogP contribution in [0.1, 0.15) is 18.0 Å². The van der Waals surface area contributed by atoms with Gasteiger partial charge in [-0.3, -0.25) is 4.57 Å². The monoisotopic (exact) mass is 240 g/mol. The molecule has 0 bridgehead atoms. The highest BCUT2D eigenvalue weighted by Crippen LogP contribution is 2.28. The van der Waals surface area contributed by atoms with Gasteiger partial charge in [-0.15, -0.1) is 0 Å². The number of aromatic nitrogens is 2. The number of benzene rings is 1. The van der Waals surface area contributed by atoms with Crippen LogP contribution in [0.2, 0.25) is 0 Å². The van der Waals surface area contributed by atoms with Crippen LogP contribution in [0.4, 0.5) is 4.79 Å². The molecule has 1 aliphatic heterocycles. The predicted octanol–water partition coefficient (Wildman–Crippen LogP) is 2.28. The summed E-state index contributed by atoms with van der Waals surface area (Å²) >= 11 is 0. The van der Waals surface area contributed by atoms with Crippen molar-refractivity contribution < 1.29 is 4.79 Å². The van der Waals surface area contributed by atoms with Gasteiger partial charge in [0.25, 0.3) is 0 Å². The molecule has 3 rings (SSSR count). The van der Waals surface area contributed by atoms with Gasteiger partial charge in [0.05, 0.1) is 6.04 Å². The first kappa shape index (κ1) is 10.7. The summed E-state index contributed by atoms with van der Waals surface area (Å²) in [7, 11) is 0. The van der Waals surface area contributed by atoms with E-state index >= 15 is 0 Å². The molecule has 2 heterocycles. The molecule has 2 aromatic rings. The first-order chi connectivity index (χ1) is 8.86. The van der Waals surface area contributed by atoms with Crippen molar-refractivity contribution in [1.82, 2.24) is 14.6 Å². The van der Waals surface area contributed by atoms with E-state index in [4.69, 9.17) is 0 Å². The Bertz CT molecular complexity index is 562. The second-order valence-corrected chi connectivity index (χ2v) is 4.06. The van der Waals surface area contributed by atoms with E-state index in [1.165, 1.54) is 15.9 Å². The standard InChI is InChI=1S/C13H12N4O/c18-13(16-9-8-14-10-16)17-12(6-7-15-17)11-4-2-1-3-5-11/h1-5,7-10,12H,6H2/t12-/m1/s1. The third kappa shape index (κ3) is 1.79. The zero-order valence-electron chi connectivity index (χ0n) is 9.68. The van der Waals surface area contributed by atoms with Crippen LogP contribution < -0.4 is 0 Å². The normalized spacial score (nSPS) is 18.2. The molecule has 0 saturated heterocycles. The molecule has 0 unspecified atom stereocenters. The average Bonchev–Trinajstić information content (AvgIpc) is 3.10. The molecule has 1 amide bonds. The van der Waals surface area contributed by atoms with Crippen LogP contribution in [0.5, 0.6) is 0 Å². The van der Waals surface area contributed by atoms with Crippen LogP contribution in [-0.4, -0.2) is 26.8 Å². The van der Waals surface area contributed by atoms with Gasteiger partial charge in [-0.25, -0.2) is 14.8 Å². The highest BCUT2D eigenvalue weighted by atomic mass is 16.2. The molecule has 0 spiro atoms. The zero-order chi connectivity index (χ0) is 12.4. The molecule has 0 saturated carbocycles. The number of imidazole rings is 1. The van der Waals surface area contributed by atoms with Gasteiger partial charge in [-0.2, -0.15) is 5.10 Å². The lowest BCUT2D eigenvalue weighted by Gasteiger charge is -2.21. The van der Waals surface area contributed by atoms with E-state index in [1.807, 2.05) is 30.3 Å². The van der Waals surface area contributed by atoms with Gasteiger partial charge in [0, 0.05) is 25.0 Å². The van der Waals surface area contributed by atoms with Crippen LogP contribution in [0.15, 0.2) is 54.2 Å². The molecular weight excluding hydrogens is 228 g/mol. The summed E-state index contributed by atoms with van der Waals surface area (Å²) in [6.45, 7) is 0. The lowest BCUT2D eigenvalue weighted by molar-refractivity contribution is 0.188. The molecule has 18 heavy (non-hydrogen) atoms. The number of carbonyl (C=O) groups is 1. The minimum atomic E-state index is -0.185. The van der Waals surface area contributed by atoms with Crippen molar-refractivity contribution in [3.05, 3.63) is 54.6 Å². The largest absolute Gasteiger partial charge is 0.350 e. The third-order valence-electron chi connectivity index (χ3n) is 2.94. The van der Waals surface area contributed by atoms with Gasteiger partial charge in [0.2, 0.25) is 0 Å². The number of hydrazone groups is 1. The highest BCUT2D eigenvalue weighted by Gasteiger charge is 2.28. The van der Waals surface area contributed by atoms with E-state index in [2.05, 4.69) is 10.1 Å². The Morgan fingerprint density at radius 2 is 2.11 bits per heavy atom. The third-order valence-corrected chi connectivity index (χ3v) is 2.94. The molecule has 0 radical (unpaired) electrons. The maximum absolute atomic E-state index is 12.2. The molecule has 5 nitrogen and oxygen atoms in total. The minimum Gasteiger partial charge on any atom is -0.257 e. The quantitative estimate of drug-likeness (QED) is 0.767. The van der Waals surface area contributed by atoms with Crippen LogP contribution in [0.25, 0.3) is 0 Å². The van der Waals surface area contributed by atoms with E-state index in [9.17, 15) is 4.79 Å². The Kier molecular flexibility index (Phi) is 2.64. The van der Waals surface area contributed by atoms with Crippen molar-refractivity contribution in [2.45, 2.75) is 12.5 Å². The topological polar surface area (TPSA) is 50.5 Å². The summed E-state index contributed by atoms with van der Waals surface area (Å²) in [5.74, 6) is 0. The lowest BCUT2D eigenvalue weighted by Crippen LogP contribution is -2.30. The van der Waals surface area contributed by atoms with Crippen molar-refractivity contribution in [1.29, 1.82) is 0 Å². The summed E-state index contributed by atoms with van der Waals surface area (Å²) in [6, 6.07) is 9.69. The molecule has 0 aliphatic carbocycles. The molecular formula is C13H12N4O. The van der Waals surface area contributed by atoms with Gasteiger partial charge >= 0.3 is 6.03 Å². The van der Waals surface area contributed by atoms with Crippen LogP contribution in [0.3, 0.4) is 0 Å². The molecule has 1 aromatic carbocycles. The summed E-state index contributed by atoms with van der Waals surface area (Å²) in [6.07, 6.45) is 7.20. The summed E-state index contributed by atoms with van der Waals surface area (Å²) in [4.78, 5) is 16.1. The Hall–Kier alpha value is -2.43. The van der Waals surface area contributed by atoms with E-state index in [0.29, 0.717) is 0 Å². The first-order valence-corrected chi connectivity index (χ1v) is 5.75. The van der Waals surface area contributed by atoms with Crippen LogP contribution in [-0.2, 0) is 0 Å². The van der Waals surface area contributed by atoms with Crippen molar-refractivity contribution >= 4 is 12.2 Å². The van der Waals surface area contributed by atoms with E-state index in [-0.39, 0.29) is 12.1 Å². The summed E-state index contributed by atoms with van der Waals surface area (Å²) < 4.78 is 1.43. The maximum atomic E-state index is 12.2. The fourth-order valence-corrected chi connectivity index (χ4v) is 2.04. The molecule has 1 atom stereocenters. The Morgan fingerprint density at radius 1 is 1.28 bits per heavy atom. The number of amides is 1. The number of carbonyl (C=O) groups excluding carboxylic acids is 1. The van der Waals surface area contributed by atoms with Crippen molar-refractivity contribution in [3.63, 3.8) is 0 Å². The first-order valence-electron chi connectivity index (χ1n) is 5.75. The Balaban J connectivity index is 1.88. The van der Waals surface area contributed by atoms with Gasteiger partial charge in [0.1, 0.15) is 6.33 Å². The van der Waals surface area contributed by atoms with E-state index < -0.39 is 0 Å².